The maximum Gasteiger partial charge on any atom is 0.316 e. The van der Waals surface area contributed by atoms with Gasteiger partial charge in [-0.05, 0) is 0 Å². The number of rotatable bonds is 4. The van der Waals surface area contributed by atoms with E-state index in [1.165, 1.54) is 11.2 Å². The highest BCUT2D eigenvalue weighted by Crippen LogP contribution is 2.16. The zero-order valence-electron chi connectivity index (χ0n) is 11.2. The lowest BCUT2D eigenvalue weighted by Crippen LogP contribution is -2.37. The van der Waals surface area contributed by atoms with Crippen LogP contribution in [0.15, 0.2) is 12.5 Å². The van der Waals surface area contributed by atoms with Crippen LogP contribution in [0, 0.1) is 0 Å². The Hall–Kier alpha value is -2.38. The summed E-state index contributed by atoms with van der Waals surface area (Å²) < 4.78 is 1.69. The number of anilines is 1. The fraction of sp³-hybridized carbons (Fsp3) is 0.455. The molecule has 0 unspecified atom stereocenters. The molecule has 0 atom stereocenters. The standard InChI is InChI=1S/C11H17N7O/c1-17(2)11(19)13-5-4-12-9-8-6-16-18(3)10(8)15-7-14-9/h6-7H,4-5H2,1-3H3,(H,13,19)(H,12,14,15). The second-order valence-corrected chi connectivity index (χ2v) is 4.28. The number of aryl methyl sites for hydroxylation is 1. The lowest BCUT2D eigenvalue weighted by molar-refractivity contribution is 0.218. The molecule has 0 aliphatic heterocycles. The first-order valence-electron chi connectivity index (χ1n) is 5.91. The first kappa shape index (κ1) is 13.1. The van der Waals surface area contributed by atoms with Crippen LogP contribution in [0.5, 0.6) is 0 Å². The highest BCUT2D eigenvalue weighted by Gasteiger charge is 2.07. The third kappa shape index (κ3) is 2.90. The smallest absolute Gasteiger partial charge is 0.316 e. The van der Waals surface area contributed by atoms with Crippen molar-refractivity contribution >= 4 is 22.9 Å². The molecule has 0 aromatic carbocycles. The summed E-state index contributed by atoms with van der Waals surface area (Å²) in [5.41, 5.74) is 0.773. The van der Waals surface area contributed by atoms with Gasteiger partial charge >= 0.3 is 6.03 Å². The summed E-state index contributed by atoms with van der Waals surface area (Å²) in [6.07, 6.45) is 3.21. The molecule has 0 aliphatic carbocycles. The van der Waals surface area contributed by atoms with Crippen LogP contribution in [0.2, 0.25) is 0 Å². The monoisotopic (exact) mass is 263 g/mol. The molecule has 2 aromatic rings. The molecular weight excluding hydrogens is 246 g/mol. The summed E-state index contributed by atoms with van der Waals surface area (Å²) in [4.78, 5) is 21.1. The van der Waals surface area contributed by atoms with Crippen molar-refractivity contribution in [3.63, 3.8) is 0 Å². The van der Waals surface area contributed by atoms with Crippen LogP contribution in [0.25, 0.3) is 11.0 Å². The van der Waals surface area contributed by atoms with Gasteiger partial charge in [-0.3, -0.25) is 4.68 Å². The van der Waals surface area contributed by atoms with E-state index in [-0.39, 0.29) is 6.03 Å². The number of fused-ring (bicyclic) bond motifs is 1. The molecule has 0 spiro atoms. The minimum absolute atomic E-state index is 0.115. The molecule has 2 rings (SSSR count). The molecule has 0 saturated heterocycles. The highest BCUT2D eigenvalue weighted by atomic mass is 16.2. The average Bonchev–Trinajstić information content (AvgIpc) is 2.77. The topological polar surface area (TPSA) is 88.0 Å². The van der Waals surface area contributed by atoms with Gasteiger partial charge in [0.05, 0.1) is 11.6 Å². The van der Waals surface area contributed by atoms with Crippen LogP contribution in [0.3, 0.4) is 0 Å². The van der Waals surface area contributed by atoms with Gasteiger partial charge in [0.1, 0.15) is 12.1 Å². The van der Waals surface area contributed by atoms with Crippen LogP contribution in [0.4, 0.5) is 10.6 Å². The zero-order valence-corrected chi connectivity index (χ0v) is 11.2. The molecule has 0 aliphatic rings. The van der Waals surface area contributed by atoms with Gasteiger partial charge in [-0.25, -0.2) is 14.8 Å². The fourth-order valence-corrected chi connectivity index (χ4v) is 1.61. The van der Waals surface area contributed by atoms with Gasteiger partial charge < -0.3 is 15.5 Å². The van der Waals surface area contributed by atoms with Gasteiger partial charge in [-0.15, -0.1) is 0 Å². The quantitative estimate of drug-likeness (QED) is 0.761. The number of carbonyl (C=O) groups is 1. The van der Waals surface area contributed by atoms with E-state index in [0.717, 1.165) is 16.9 Å². The maximum absolute atomic E-state index is 11.3. The zero-order chi connectivity index (χ0) is 13.8. The van der Waals surface area contributed by atoms with E-state index in [4.69, 9.17) is 0 Å². The van der Waals surface area contributed by atoms with Crippen LogP contribution in [-0.2, 0) is 7.05 Å². The van der Waals surface area contributed by atoms with Gasteiger partial charge in [-0.1, -0.05) is 0 Å². The molecule has 2 amide bonds. The van der Waals surface area contributed by atoms with E-state index < -0.39 is 0 Å². The van der Waals surface area contributed by atoms with Gasteiger partial charge in [0, 0.05) is 34.2 Å². The number of hydrogen-bond acceptors (Lipinski definition) is 5. The molecule has 0 fully saturated rings. The van der Waals surface area contributed by atoms with Crippen molar-refractivity contribution in [1.82, 2.24) is 30.0 Å². The van der Waals surface area contributed by atoms with Gasteiger partial charge in [0.15, 0.2) is 5.65 Å². The van der Waals surface area contributed by atoms with Crippen molar-refractivity contribution in [1.29, 1.82) is 0 Å². The third-order valence-corrected chi connectivity index (χ3v) is 2.63. The molecule has 8 nitrogen and oxygen atoms in total. The SMILES string of the molecule is CN(C)C(=O)NCCNc1ncnc2c1cnn2C. The lowest BCUT2D eigenvalue weighted by atomic mass is 10.4. The summed E-state index contributed by atoms with van der Waals surface area (Å²) in [6, 6.07) is -0.115. The number of aromatic nitrogens is 4. The summed E-state index contributed by atoms with van der Waals surface area (Å²) >= 11 is 0. The first-order valence-corrected chi connectivity index (χ1v) is 5.91. The van der Waals surface area contributed by atoms with Crippen molar-refractivity contribution in [2.45, 2.75) is 0 Å². The van der Waals surface area contributed by atoms with E-state index in [9.17, 15) is 4.79 Å². The molecular formula is C11H17N7O. The molecule has 2 N–H and O–H groups in total. The average molecular weight is 263 g/mol. The number of carbonyl (C=O) groups excluding carboxylic acids is 1. The number of hydrogen-bond donors (Lipinski definition) is 2. The van der Waals surface area contributed by atoms with Crippen molar-refractivity contribution in [3.8, 4) is 0 Å². The molecule has 2 heterocycles. The number of nitrogens with one attached hydrogen (secondary N) is 2. The van der Waals surface area contributed by atoms with Crippen LogP contribution < -0.4 is 10.6 Å². The second kappa shape index (κ2) is 5.51. The Balaban J connectivity index is 1.93. The summed E-state index contributed by atoms with van der Waals surface area (Å²) in [6.45, 7) is 1.10. The molecule has 0 bridgehead atoms. The molecule has 8 heteroatoms. The van der Waals surface area contributed by atoms with Crippen molar-refractivity contribution < 1.29 is 4.79 Å². The van der Waals surface area contributed by atoms with Crippen molar-refractivity contribution in [2.24, 2.45) is 7.05 Å². The summed E-state index contributed by atoms with van der Waals surface area (Å²) in [5.74, 6) is 0.720. The Morgan fingerprint density at radius 2 is 2.16 bits per heavy atom. The predicted octanol–water partition coefficient (Wildman–Crippen LogP) is 0.0464. The fourth-order valence-electron chi connectivity index (χ4n) is 1.61. The predicted molar refractivity (Wildman–Crippen MR) is 71.9 cm³/mol. The first-order chi connectivity index (χ1) is 9.09. The van der Waals surface area contributed by atoms with Gasteiger partial charge in [0.2, 0.25) is 0 Å². The van der Waals surface area contributed by atoms with E-state index in [1.54, 1.807) is 25.0 Å². The van der Waals surface area contributed by atoms with Crippen LogP contribution in [0.1, 0.15) is 0 Å². The van der Waals surface area contributed by atoms with Gasteiger partial charge in [0.25, 0.3) is 0 Å². The number of amides is 2. The van der Waals surface area contributed by atoms with Crippen molar-refractivity contribution in [3.05, 3.63) is 12.5 Å². The van der Waals surface area contributed by atoms with Gasteiger partial charge in [-0.2, -0.15) is 5.10 Å². The van der Waals surface area contributed by atoms with Crippen LogP contribution in [-0.4, -0.2) is 57.9 Å². The Morgan fingerprint density at radius 1 is 1.37 bits per heavy atom. The minimum atomic E-state index is -0.115. The Bertz CT molecular complexity index is 577. The van der Waals surface area contributed by atoms with E-state index in [2.05, 4.69) is 25.7 Å². The van der Waals surface area contributed by atoms with Crippen LogP contribution >= 0.6 is 0 Å². The second-order valence-electron chi connectivity index (χ2n) is 4.28. The number of urea groups is 1. The molecule has 0 radical (unpaired) electrons. The minimum Gasteiger partial charge on any atom is -0.368 e. The van der Waals surface area contributed by atoms with E-state index in [1.807, 2.05) is 7.05 Å². The Labute approximate surface area is 110 Å². The highest BCUT2D eigenvalue weighted by molar-refractivity contribution is 5.85. The number of nitrogens with zero attached hydrogens (tertiary/aromatic N) is 5. The molecule has 0 saturated carbocycles. The molecule has 19 heavy (non-hydrogen) atoms. The molecule has 102 valence electrons. The van der Waals surface area contributed by atoms with Crippen molar-refractivity contribution in [2.75, 3.05) is 32.5 Å². The largest absolute Gasteiger partial charge is 0.368 e. The molecule has 2 aromatic heterocycles. The Morgan fingerprint density at radius 3 is 2.89 bits per heavy atom. The Kier molecular flexibility index (Phi) is 3.79. The summed E-state index contributed by atoms with van der Waals surface area (Å²) in [7, 11) is 5.23. The maximum atomic E-state index is 11.3. The van der Waals surface area contributed by atoms with E-state index >= 15 is 0 Å². The lowest BCUT2D eigenvalue weighted by Gasteiger charge is -2.12. The van der Waals surface area contributed by atoms with E-state index in [0.29, 0.717) is 13.1 Å². The normalized spacial score (nSPS) is 10.5. The third-order valence-electron chi connectivity index (χ3n) is 2.63. The summed E-state index contributed by atoms with van der Waals surface area (Å²) in [5, 5.41) is 10.9.